The minimum Gasteiger partial charge on any atom is -0.189 e. The molecule has 0 spiro atoms. The fraction of sp³-hybridized carbons (Fsp3) is 0. The summed E-state index contributed by atoms with van der Waals surface area (Å²) in [4.78, 5) is 3.76. The Morgan fingerprint density at radius 3 is 2.00 bits per heavy atom. The van der Waals surface area contributed by atoms with Crippen molar-refractivity contribution in [3.8, 4) is 0 Å². The molecule has 0 aliphatic carbocycles. The van der Waals surface area contributed by atoms with E-state index in [-0.39, 0.29) is 0 Å². The molecule has 0 saturated heterocycles. The third-order valence-electron chi connectivity index (χ3n) is 0.483. The Labute approximate surface area is 92.6 Å². The van der Waals surface area contributed by atoms with Crippen LogP contribution in [0.1, 0.15) is 0 Å². The van der Waals surface area contributed by atoms with Crippen LogP contribution in [-0.2, 0) is 39.9 Å². The predicted molar refractivity (Wildman–Crippen MR) is 38.1 cm³/mol. The third kappa shape index (κ3) is 14.4. The first-order valence-corrected chi connectivity index (χ1v) is 3.48. The highest BCUT2D eigenvalue weighted by Gasteiger charge is 1.92. The van der Waals surface area contributed by atoms with Crippen LogP contribution in [0.5, 0.6) is 0 Å². The van der Waals surface area contributed by atoms with Crippen molar-refractivity contribution in [3.63, 3.8) is 0 Å². The molecule has 0 aromatic rings. The lowest BCUT2D eigenvalue weighted by Gasteiger charge is -1.94. The van der Waals surface area contributed by atoms with Crippen molar-refractivity contribution in [1.29, 1.82) is 5.53 Å². The lowest BCUT2D eigenvalue weighted by Crippen LogP contribution is -1.98. The standard InChI is InChI=1S/H3N8O8P/c1-2-3-4-5-6-7-8-9-10-11-12-13-14-15-16-17/h1H,17H2/b2-1?,4-3+,6-5+,8-7+. The van der Waals surface area contributed by atoms with Gasteiger partial charge in [0.2, 0.25) is 0 Å². The Balaban J connectivity index is 3.21. The van der Waals surface area contributed by atoms with Crippen LogP contribution >= 0.6 is 9.47 Å². The molecular formula is H3N8O8P. The first-order valence-electron chi connectivity index (χ1n) is 3.01. The van der Waals surface area contributed by atoms with E-state index in [0.29, 0.717) is 0 Å². The van der Waals surface area contributed by atoms with Crippen LogP contribution in [0.4, 0.5) is 0 Å². The van der Waals surface area contributed by atoms with Crippen LogP contribution in [0.25, 0.3) is 0 Å². The molecule has 0 aromatic heterocycles. The van der Waals surface area contributed by atoms with Gasteiger partial charge in [-0.15, -0.1) is 0 Å². The molecule has 0 heterocycles. The van der Waals surface area contributed by atoms with Gasteiger partial charge in [0.1, 0.15) is 0 Å². The van der Waals surface area contributed by atoms with E-state index in [1.165, 1.54) is 0 Å². The number of hydrogen-bond donors (Lipinski definition) is 1. The van der Waals surface area contributed by atoms with Crippen LogP contribution in [-0.4, -0.2) is 0 Å². The molecule has 0 aromatic carbocycles. The number of nitrogens with one attached hydrogen (secondary N) is 1. The largest absolute Gasteiger partial charge is 0.189 e. The molecule has 17 heavy (non-hydrogen) atoms. The molecule has 0 saturated carbocycles. The molecule has 0 fully saturated rings. The molecule has 16 nitrogen and oxygen atoms in total. The van der Waals surface area contributed by atoms with E-state index in [9.17, 15) is 0 Å². The topological polar surface area (TPSA) is 184 Å². The van der Waals surface area contributed by atoms with Gasteiger partial charge in [-0.2, -0.15) is 15.2 Å². The van der Waals surface area contributed by atoms with Crippen LogP contribution in [0.2, 0.25) is 0 Å². The highest BCUT2D eigenvalue weighted by molar-refractivity contribution is 7.09. The summed E-state index contributed by atoms with van der Waals surface area (Å²) < 4.78 is 3.81. The monoisotopic (exact) mass is 274 g/mol. The third-order valence-corrected chi connectivity index (χ3v) is 0.562. The summed E-state index contributed by atoms with van der Waals surface area (Å²) in [5.74, 6) is 0. The highest BCUT2D eigenvalue weighted by atomic mass is 31.0. The van der Waals surface area contributed by atoms with Crippen LogP contribution in [0.3, 0.4) is 0 Å². The SMILES string of the molecule is N=N/N=N/N=N/N=N/OOOOOOOOP. The summed E-state index contributed by atoms with van der Waals surface area (Å²) in [6.07, 6.45) is 0. The lowest BCUT2D eigenvalue weighted by molar-refractivity contribution is -0.808. The fourth-order valence-corrected chi connectivity index (χ4v) is 0.224. The smallest absolute Gasteiger partial charge is 0.0907 e. The molecule has 1 N–H and O–H groups in total. The zero-order chi connectivity index (χ0) is 12.6. The molecule has 0 radical (unpaired) electrons. The molecule has 1 unspecified atom stereocenters. The van der Waals surface area contributed by atoms with Gasteiger partial charge >= 0.3 is 0 Å². The summed E-state index contributed by atoms with van der Waals surface area (Å²) in [6.45, 7) is 0. The van der Waals surface area contributed by atoms with Crippen molar-refractivity contribution in [3.05, 3.63) is 0 Å². The summed E-state index contributed by atoms with van der Waals surface area (Å²) in [5.41, 5.74) is 6.15. The van der Waals surface area contributed by atoms with Gasteiger partial charge in [0.05, 0.1) is 5.28 Å². The Morgan fingerprint density at radius 1 is 0.706 bits per heavy atom. The quantitative estimate of drug-likeness (QED) is 0.192. The molecule has 0 amide bonds. The molecule has 17 heteroatoms. The summed E-state index contributed by atoms with van der Waals surface area (Å²) in [7, 11) is 1.66. The Morgan fingerprint density at radius 2 is 1.29 bits per heavy atom. The summed E-state index contributed by atoms with van der Waals surface area (Å²) >= 11 is 0. The first kappa shape index (κ1) is 15.3. The first-order chi connectivity index (χ1) is 8.41. The van der Waals surface area contributed by atoms with Gasteiger partial charge in [-0.3, -0.25) is 0 Å². The molecule has 0 bridgehead atoms. The Hall–Kier alpha value is -1.65. The second-order valence-electron chi connectivity index (χ2n) is 1.21. The van der Waals surface area contributed by atoms with E-state index in [1.54, 1.807) is 9.47 Å². The second kappa shape index (κ2) is 14.3. The maximum absolute atomic E-state index is 6.15. The van der Waals surface area contributed by atoms with Gasteiger partial charge < -0.3 is 0 Å². The van der Waals surface area contributed by atoms with Gasteiger partial charge in [-0.1, -0.05) is 0 Å². The average molecular weight is 274 g/mol. The van der Waals surface area contributed by atoms with Crippen molar-refractivity contribution >= 4 is 9.47 Å². The molecule has 1 atom stereocenters. The molecule has 0 aliphatic heterocycles. The Kier molecular flexibility index (Phi) is 13.0. The summed E-state index contributed by atoms with van der Waals surface area (Å²) in [5, 5.41) is 40.9. The zero-order valence-electron chi connectivity index (χ0n) is 7.47. The second-order valence-corrected chi connectivity index (χ2v) is 1.40. The van der Waals surface area contributed by atoms with Crippen molar-refractivity contribution < 1.29 is 39.9 Å². The molecule has 0 aliphatic rings. The molecule has 0 rings (SSSR count). The highest BCUT2D eigenvalue weighted by Crippen LogP contribution is 1.92. The lowest BCUT2D eigenvalue weighted by atomic mass is 12.4. The van der Waals surface area contributed by atoms with Crippen molar-refractivity contribution in [2.24, 2.45) is 36.6 Å². The van der Waals surface area contributed by atoms with E-state index in [1.807, 2.05) is 0 Å². The maximum Gasteiger partial charge on any atom is 0.0907 e. The predicted octanol–water partition coefficient (Wildman–Crippen LogP) is 1.36. The van der Waals surface area contributed by atoms with Crippen LogP contribution < -0.4 is 0 Å². The van der Waals surface area contributed by atoms with Crippen molar-refractivity contribution in [2.75, 3.05) is 0 Å². The normalized spacial score (nSPS) is 11.8. The molecular weight excluding hydrogens is 271 g/mol. The van der Waals surface area contributed by atoms with Gasteiger partial charge in [-0.25, -0.2) is 0 Å². The number of nitrogens with zero attached hydrogens (tertiary/aromatic N) is 7. The minimum absolute atomic E-state index is 1.66. The van der Waals surface area contributed by atoms with E-state index < -0.39 is 0 Å². The fourth-order valence-electron chi connectivity index (χ4n) is 0.192. The maximum atomic E-state index is 6.15. The average Bonchev–Trinajstić information content (AvgIpc) is 2.35. The van der Waals surface area contributed by atoms with E-state index >= 15 is 0 Å². The van der Waals surface area contributed by atoms with E-state index in [0.717, 1.165) is 0 Å². The van der Waals surface area contributed by atoms with E-state index in [2.05, 4.69) is 76.5 Å². The van der Waals surface area contributed by atoms with Gasteiger partial charge in [-0.05, 0) is 30.8 Å². The van der Waals surface area contributed by atoms with Gasteiger partial charge in [0.15, 0.2) is 0 Å². The van der Waals surface area contributed by atoms with Crippen LogP contribution in [0, 0.1) is 5.53 Å². The van der Waals surface area contributed by atoms with Crippen molar-refractivity contribution in [1.82, 2.24) is 0 Å². The zero-order valence-corrected chi connectivity index (χ0v) is 8.63. The number of hydrogen-bond acceptors (Lipinski definition) is 10. The van der Waals surface area contributed by atoms with Gasteiger partial charge in [0.25, 0.3) is 0 Å². The van der Waals surface area contributed by atoms with Gasteiger partial charge in [0, 0.05) is 40.3 Å². The summed E-state index contributed by atoms with van der Waals surface area (Å²) in [6, 6.07) is 0. The van der Waals surface area contributed by atoms with Crippen molar-refractivity contribution in [2.45, 2.75) is 0 Å². The minimum atomic E-state index is 1.66. The Bertz CT molecular complexity index is 252. The molecule has 96 valence electrons. The van der Waals surface area contributed by atoms with E-state index in [4.69, 9.17) is 5.53 Å². The van der Waals surface area contributed by atoms with Crippen LogP contribution in [0.15, 0.2) is 36.6 Å². The number of rotatable bonds is 11.